The van der Waals surface area contributed by atoms with Crippen molar-refractivity contribution in [2.24, 2.45) is 0 Å². The van der Waals surface area contributed by atoms with E-state index in [0.29, 0.717) is 23.8 Å². The highest BCUT2D eigenvalue weighted by atomic mass is 19.1. The zero-order chi connectivity index (χ0) is 16.4. The van der Waals surface area contributed by atoms with Crippen molar-refractivity contribution < 1.29 is 8.91 Å². The Hall–Kier alpha value is -3.35. The largest absolute Gasteiger partial charge is 0.364 e. The number of benzene rings is 1. The van der Waals surface area contributed by atoms with Crippen LogP contribution in [0.15, 0.2) is 65.6 Å². The van der Waals surface area contributed by atoms with E-state index in [1.807, 2.05) is 12.1 Å². The number of hydrogen-bond acceptors (Lipinski definition) is 5. The van der Waals surface area contributed by atoms with Crippen molar-refractivity contribution in [2.75, 3.05) is 0 Å². The number of rotatable bonds is 4. The molecule has 118 valence electrons. The summed E-state index contributed by atoms with van der Waals surface area (Å²) >= 11 is 0. The van der Waals surface area contributed by atoms with Crippen LogP contribution in [0.2, 0.25) is 0 Å². The van der Waals surface area contributed by atoms with Crippen LogP contribution in [0.5, 0.6) is 0 Å². The normalized spacial score (nSPS) is 10.9. The lowest BCUT2D eigenvalue weighted by Crippen LogP contribution is -2.04. The van der Waals surface area contributed by atoms with Crippen molar-refractivity contribution >= 4 is 0 Å². The minimum atomic E-state index is -0.283. The van der Waals surface area contributed by atoms with E-state index >= 15 is 0 Å². The molecular formula is C17H12FN5O. The first-order valence-electron chi connectivity index (χ1n) is 7.30. The van der Waals surface area contributed by atoms with Gasteiger partial charge in [0.05, 0.1) is 12.2 Å². The molecule has 0 bridgehead atoms. The van der Waals surface area contributed by atoms with Gasteiger partial charge in [-0.1, -0.05) is 17.3 Å². The minimum absolute atomic E-state index is 0.283. The standard InChI is InChI=1S/C17H12FN5O/c18-13-4-1-3-12(9-13)11-23-16(14-5-8-24-22-14)10-15(21-23)17-19-6-2-7-20-17/h1-10H,11H2. The molecule has 3 heterocycles. The summed E-state index contributed by atoms with van der Waals surface area (Å²) in [6.07, 6.45) is 4.81. The summed E-state index contributed by atoms with van der Waals surface area (Å²) in [6.45, 7) is 0.396. The van der Waals surface area contributed by atoms with Crippen molar-refractivity contribution in [2.45, 2.75) is 6.54 Å². The second-order valence-electron chi connectivity index (χ2n) is 5.16. The molecule has 3 aromatic heterocycles. The van der Waals surface area contributed by atoms with Crippen molar-refractivity contribution in [3.63, 3.8) is 0 Å². The third kappa shape index (κ3) is 2.79. The van der Waals surface area contributed by atoms with Crippen molar-refractivity contribution in [3.05, 3.63) is 72.5 Å². The van der Waals surface area contributed by atoms with Crippen molar-refractivity contribution in [1.29, 1.82) is 0 Å². The molecule has 24 heavy (non-hydrogen) atoms. The smallest absolute Gasteiger partial charge is 0.180 e. The molecule has 0 spiro atoms. The lowest BCUT2D eigenvalue weighted by Gasteiger charge is -2.05. The first-order chi connectivity index (χ1) is 11.8. The summed E-state index contributed by atoms with van der Waals surface area (Å²) < 4.78 is 20.1. The first-order valence-corrected chi connectivity index (χ1v) is 7.30. The fourth-order valence-electron chi connectivity index (χ4n) is 2.44. The molecule has 0 radical (unpaired) electrons. The molecule has 0 unspecified atom stereocenters. The molecule has 0 aliphatic rings. The minimum Gasteiger partial charge on any atom is -0.364 e. The molecule has 0 amide bonds. The Morgan fingerprint density at radius 3 is 2.62 bits per heavy atom. The quantitative estimate of drug-likeness (QED) is 0.577. The third-order valence-corrected chi connectivity index (χ3v) is 3.50. The van der Waals surface area contributed by atoms with Gasteiger partial charge in [0, 0.05) is 18.5 Å². The summed E-state index contributed by atoms with van der Waals surface area (Å²) in [7, 11) is 0. The van der Waals surface area contributed by atoms with E-state index in [1.165, 1.54) is 18.4 Å². The molecule has 0 saturated heterocycles. The highest BCUT2D eigenvalue weighted by Crippen LogP contribution is 2.24. The Balaban J connectivity index is 1.78. The van der Waals surface area contributed by atoms with Gasteiger partial charge in [-0.05, 0) is 29.8 Å². The molecular weight excluding hydrogens is 309 g/mol. The lowest BCUT2D eigenvalue weighted by atomic mass is 10.2. The number of aromatic nitrogens is 5. The molecule has 4 rings (SSSR count). The van der Waals surface area contributed by atoms with Crippen molar-refractivity contribution in [3.8, 4) is 22.9 Å². The van der Waals surface area contributed by atoms with Crippen LogP contribution in [0.25, 0.3) is 22.9 Å². The van der Waals surface area contributed by atoms with E-state index in [4.69, 9.17) is 4.52 Å². The Kier molecular flexibility index (Phi) is 3.59. The van der Waals surface area contributed by atoms with E-state index < -0.39 is 0 Å². The van der Waals surface area contributed by atoms with Gasteiger partial charge in [-0.25, -0.2) is 14.4 Å². The Bertz CT molecular complexity index is 950. The highest BCUT2D eigenvalue weighted by molar-refractivity contribution is 5.62. The maximum absolute atomic E-state index is 13.4. The van der Waals surface area contributed by atoms with Crippen LogP contribution >= 0.6 is 0 Å². The summed E-state index contributed by atoms with van der Waals surface area (Å²) in [5.41, 5.74) is 2.80. The van der Waals surface area contributed by atoms with Gasteiger partial charge in [-0.2, -0.15) is 5.10 Å². The van der Waals surface area contributed by atoms with Crippen LogP contribution < -0.4 is 0 Å². The molecule has 0 N–H and O–H groups in total. The van der Waals surface area contributed by atoms with Gasteiger partial charge < -0.3 is 4.52 Å². The third-order valence-electron chi connectivity index (χ3n) is 3.50. The summed E-state index contributed by atoms with van der Waals surface area (Å²) in [6, 6.07) is 11.7. The van der Waals surface area contributed by atoms with Gasteiger partial charge in [-0.15, -0.1) is 0 Å². The van der Waals surface area contributed by atoms with E-state index in [-0.39, 0.29) is 5.82 Å². The van der Waals surface area contributed by atoms with Gasteiger partial charge in [0.2, 0.25) is 0 Å². The van der Waals surface area contributed by atoms with Gasteiger partial charge in [0.25, 0.3) is 0 Å². The fourth-order valence-corrected chi connectivity index (χ4v) is 2.44. The Morgan fingerprint density at radius 1 is 1.00 bits per heavy atom. The van der Waals surface area contributed by atoms with Gasteiger partial charge >= 0.3 is 0 Å². The predicted molar refractivity (Wildman–Crippen MR) is 84.3 cm³/mol. The molecule has 1 aromatic carbocycles. The predicted octanol–water partition coefficient (Wildman–Crippen LogP) is 3.18. The summed E-state index contributed by atoms with van der Waals surface area (Å²) in [5.74, 6) is 0.231. The molecule has 4 aromatic rings. The van der Waals surface area contributed by atoms with Crippen LogP contribution in [-0.4, -0.2) is 24.9 Å². The monoisotopic (exact) mass is 321 g/mol. The van der Waals surface area contributed by atoms with E-state index in [1.54, 1.807) is 35.3 Å². The second kappa shape index (κ2) is 6.04. The fraction of sp³-hybridized carbons (Fsp3) is 0.0588. The number of hydrogen-bond donors (Lipinski definition) is 0. The Labute approximate surface area is 136 Å². The van der Waals surface area contributed by atoms with E-state index in [2.05, 4.69) is 20.2 Å². The lowest BCUT2D eigenvalue weighted by molar-refractivity contribution is 0.421. The van der Waals surface area contributed by atoms with E-state index in [9.17, 15) is 4.39 Å². The average molecular weight is 321 g/mol. The first kappa shape index (κ1) is 14.3. The van der Waals surface area contributed by atoms with Crippen LogP contribution in [0.3, 0.4) is 0 Å². The average Bonchev–Trinajstić information content (AvgIpc) is 3.25. The number of halogens is 1. The number of nitrogens with zero attached hydrogens (tertiary/aromatic N) is 5. The molecule has 6 nitrogen and oxygen atoms in total. The zero-order valence-electron chi connectivity index (χ0n) is 12.5. The van der Waals surface area contributed by atoms with Gasteiger partial charge in [-0.3, -0.25) is 4.68 Å². The summed E-state index contributed by atoms with van der Waals surface area (Å²) in [4.78, 5) is 8.43. The van der Waals surface area contributed by atoms with Crippen LogP contribution in [0.1, 0.15) is 5.56 Å². The van der Waals surface area contributed by atoms with E-state index in [0.717, 1.165) is 11.3 Å². The summed E-state index contributed by atoms with van der Waals surface area (Å²) in [5, 5.41) is 8.51. The van der Waals surface area contributed by atoms with Crippen LogP contribution in [0, 0.1) is 5.82 Å². The van der Waals surface area contributed by atoms with Gasteiger partial charge in [0.15, 0.2) is 5.82 Å². The maximum atomic E-state index is 13.4. The SMILES string of the molecule is Fc1cccc(Cn2nc(-c3ncccn3)cc2-c2ccon2)c1. The van der Waals surface area contributed by atoms with Gasteiger partial charge in [0.1, 0.15) is 23.5 Å². The topological polar surface area (TPSA) is 69.6 Å². The second-order valence-corrected chi connectivity index (χ2v) is 5.16. The van der Waals surface area contributed by atoms with Crippen molar-refractivity contribution in [1.82, 2.24) is 24.9 Å². The molecule has 0 aliphatic carbocycles. The van der Waals surface area contributed by atoms with Crippen LogP contribution in [-0.2, 0) is 6.54 Å². The molecule has 7 heteroatoms. The Morgan fingerprint density at radius 2 is 1.88 bits per heavy atom. The zero-order valence-corrected chi connectivity index (χ0v) is 12.5. The van der Waals surface area contributed by atoms with Crippen LogP contribution in [0.4, 0.5) is 4.39 Å². The highest BCUT2D eigenvalue weighted by Gasteiger charge is 2.15. The molecule has 0 saturated carbocycles. The molecule has 0 aliphatic heterocycles. The molecule has 0 fully saturated rings. The molecule has 0 atom stereocenters. The maximum Gasteiger partial charge on any atom is 0.180 e.